The summed E-state index contributed by atoms with van der Waals surface area (Å²) in [6, 6.07) is 9.18. The Hall–Kier alpha value is -2.93. The molecule has 0 spiro atoms. The third-order valence-corrected chi connectivity index (χ3v) is 5.86. The summed E-state index contributed by atoms with van der Waals surface area (Å²) in [5.74, 6) is 1.16. The van der Waals surface area contributed by atoms with Crippen molar-refractivity contribution < 1.29 is 9.21 Å². The maximum Gasteiger partial charge on any atom is 0.348 e. The Morgan fingerprint density at radius 3 is 2.74 bits per heavy atom. The molecule has 31 heavy (non-hydrogen) atoms. The minimum atomic E-state index is -0.402. The number of piperidine rings is 1. The van der Waals surface area contributed by atoms with E-state index in [9.17, 15) is 9.59 Å². The lowest BCUT2D eigenvalue weighted by molar-refractivity contribution is -0.136. The van der Waals surface area contributed by atoms with Crippen LogP contribution in [0.15, 0.2) is 45.7 Å². The van der Waals surface area contributed by atoms with Crippen LogP contribution in [-0.2, 0) is 17.8 Å². The highest BCUT2D eigenvalue weighted by Gasteiger charge is 2.31. The third kappa shape index (κ3) is 4.88. The van der Waals surface area contributed by atoms with E-state index in [1.54, 1.807) is 24.1 Å². The molecule has 3 aromatic rings. The second kappa shape index (κ2) is 9.06. The van der Waals surface area contributed by atoms with Crippen molar-refractivity contribution in [2.75, 3.05) is 6.54 Å². The van der Waals surface area contributed by atoms with E-state index in [1.165, 1.54) is 4.57 Å². The molecule has 1 aliphatic rings. The van der Waals surface area contributed by atoms with Gasteiger partial charge < -0.3 is 9.32 Å². The van der Waals surface area contributed by atoms with Crippen molar-refractivity contribution in [1.82, 2.24) is 19.4 Å². The smallest absolute Gasteiger partial charge is 0.348 e. The van der Waals surface area contributed by atoms with Crippen LogP contribution in [0.5, 0.6) is 0 Å². The van der Waals surface area contributed by atoms with Crippen molar-refractivity contribution in [2.24, 2.45) is 0 Å². The largest absolute Gasteiger partial charge is 0.443 e. The van der Waals surface area contributed by atoms with Gasteiger partial charge in [0.05, 0.1) is 6.20 Å². The van der Waals surface area contributed by atoms with Crippen LogP contribution in [0.4, 0.5) is 0 Å². The predicted octanol–water partition coefficient (Wildman–Crippen LogP) is 3.85. The zero-order valence-corrected chi connectivity index (χ0v) is 18.4. The van der Waals surface area contributed by atoms with Crippen LogP contribution < -0.4 is 5.69 Å². The number of carbonyl (C=O) groups is 1. The Balaban J connectivity index is 1.51. The summed E-state index contributed by atoms with van der Waals surface area (Å²) >= 11 is 5.95. The summed E-state index contributed by atoms with van der Waals surface area (Å²) in [5.41, 5.74) is 2.04. The van der Waals surface area contributed by atoms with Crippen LogP contribution in [0, 0.1) is 13.8 Å². The van der Waals surface area contributed by atoms with Gasteiger partial charge in [-0.2, -0.15) is 4.98 Å². The summed E-state index contributed by atoms with van der Waals surface area (Å²) < 4.78 is 7.45. The van der Waals surface area contributed by atoms with Crippen LogP contribution >= 0.6 is 11.6 Å². The average molecular weight is 441 g/mol. The maximum absolute atomic E-state index is 13.1. The number of nitrogens with zero attached hydrogens (tertiary/aromatic N) is 4. The van der Waals surface area contributed by atoms with Crippen molar-refractivity contribution in [1.29, 1.82) is 0 Å². The van der Waals surface area contributed by atoms with Crippen LogP contribution in [-0.4, -0.2) is 31.9 Å². The second-order valence-electron chi connectivity index (χ2n) is 7.97. The molecule has 1 amide bonds. The van der Waals surface area contributed by atoms with E-state index in [4.69, 9.17) is 16.0 Å². The first-order valence-corrected chi connectivity index (χ1v) is 10.8. The molecule has 4 rings (SSSR count). The molecule has 0 saturated carbocycles. The fourth-order valence-electron chi connectivity index (χ4n) is 4.04. The Morgan fingerprint density at radius 1 is 1.23 bits per heavy atom. The standard InChI is InChI=1S/C23H25ClN4O3/c1-15-11-16(2)28(23(30)26-15)14-21(29)27-10-4-3-5-20(27)22-25-13-19(31-22)12-17-6-8-18(24)9-7-17/h6-9,11,13,20H,3-5,10,12,14H2,1-2H3/t20-/m1/s1. The number of hydrogen-bond donors (Lipinski definition) is 0. The van der Waals surface area contributed by atoms with E-state index in [-0.39, 0.29) is 18.5 Å². The fourth-order valence-corrected chi connectivity index (χ4v) is 4.17. The van der Waals surface area contributed by atoms with Gasteiger partial charge in [-0.3, -0.25) is 9.36 Å². The summed E-state index contributed by atoms with van der Waals surface area (Å²) in [6.45, 7) is 4.16. The summed E-state index contributed by atoms with van der Waals surface area (Å²) in [7, 11) is 0. The lowest BCUT2D eigenvalue weighted by Crippen LogP contribution is -2.42. The van der Waals surface area contributed by atoms with Crippen molar-refractivity contribution in [3.05, 3.63) is 80.6 Å². The molecule has 162 valence electrons. The van der Waals surface area contributed by atoms with E-state index >= 15 is 0 Å². The molecule has 0 radical (unpaired) electrons. The van der Waals surface area contributed by atoms with Crippen molar-refractivity contribution >= 4 is 17.5 Å². The fraction of sp³-hybridized carbons (Fsp3) is 0.391. The molecule has 0 N–H and O–H groups in total. The number of hydrogen-bond acceptors (Lipinski definition) is 5. The van der Waals surface area contributed by atoms with Gasteiger partial charge >= 0.3 is 5.69 Å². The average Bonchev–Trinajstić information content (AvgIpc) is 3.20. The van der Waals surface area contributed by atoms with E-state index < -0.39 is 5.69 Å². The molecule has 0 unspecified atom stereocenters. The Kier molecular flexibility index (Phi) is 6.23. The van der Waals surface area contributed by atoms with Crippen LogP contribution in [0.3, 0.4) is 0 Å². The molecule has 1 aromatic carbocycles. The number of amides is 1. The van der Waals surface area contributed by atoms with E-state index in [1.807, 2.05) is 31.2 Å². The topological polar surface area (TPSA) is 81.2 Å². The highest BCUT2D eigenvalue weighted by Crippen LogP contribution is 2.31. The SMILES string of the molecule is Cc1cc(C)n(CC(=O)N2CCCC[C@@H]2c2ncc(Cc3ccc(Cl)cc3)o2)c(=O)n1. The maximum atomic E-state index is 13.1. The monoisotopic (exact) mass is 440 g/mol. The van der Waals surface area contributed by atoms with Gasteiger partial charge in [-0.25, -0.2) is 9.78 Å². The minimum Gasteiger partial charge on any atom is -0.443 e. The molecule has 1 aliphatic heterocycles. The molecule has 1 saturated heterocycles. The number of aromatic nitrogens is 3. The van der Waals surface area contributed by atoms with Crippen molar-refractivity contribution in [3.63, 3.8) is 0 Å². The Morgan fingerprint density at radius 2 is 2.00 bits per heavy atom. The second-order valence-corrected chi connectivity index (χ2v) is 8.41. The number of halogens is 1. The Labute approximate surface area is 185 Å². The van der Waals surface area contributed by atoms with Gasteiger partial charge in [0.15, 0.2) is 0 Å². The van der Waals surface area contributed by atoms with Crippen molar-refractivity contribution in [3.8, 4) is 0 Å². The molecule has 8 heteroatoms. The highest BCUT2D eigenvalue weighted by molar-refractivity contribution is 6.30. The molecule has 7 nitrogen and oxygen atoms in total. The van der Waals surface area contributed by atoms with E-state index in [2.05, 4.69) is 9.97 Å². The molecular weight excluding hydrogens is 416 g/mol. The summed E-state index contributed by atoms with van der Waals surface area (Å²) in [5, 5.41) is 0.691. The number of oxazole rings is 1. The zero-order chi connectivity index (χ0) is 22.0. The minimum absolute atomic E-state index is 0.0349. The van der Waals surface area contributed by atoms with Gasteiger partial charge in [0.2, 0.25) is 11.8 Å². The summed E-state index contributed by atoms with van der Waals surface area (Å²) in [4.78, 5) is 35.6. The molecule has 3 heterocycles. The number of aryl methyl sites for hydroxylation is 2. The first-order valence-electron chi connectivity index (χ1n) is 10.4. The van der Waals surface area contributed by atoms with Crippen LogP contribution in [0.1, 0.15) is 53.9 Å². The lowest BCUT2D eigenvalue weighted by Gasteiger charge is -2.34. The van der Waals surface area contributed by atoms with Gasteiger partial charge in [0.25, 0.3) is 0 Å². The van der Waals surface area contributed by atoms with Gasteiger partial charge in [-0.1, -0.05) is 23.7 Å². The molecule has 0 aliphatic carbocycles. The van der Waals surface area contributed by atoms with Gasteiger partial charge in [-0.15, -0.1) is 0 Å². The first-order chi connectivity index (χ1) is 14.9. The molecular formula is C23H25ClN4O3. The number of likely N-dealkylation sites (tertiary alicyclic amines) is 1. The highest BCUT2D eigenvalue weighted by atomic mass is 35.5. The zero-order valence-electron chi connectivity index (χ0n) is 17.7. The quantitative estimate of drug-likeness (QED) is 0.602. The van der Waals surface area contributed by atoms with E-state index in [0.717, 1.165) is 36.3 Å². The number of rotatable bonds is 5. The van der Waals surface area contributed by atoms with Gasteiger partial charge in [0.1, 0.15) is 18.3 Å². The molecule has 0 bridgehead atoms. The Bertz CT molecular complexity index is 1140. The molecule has 1 fully saturated rings. The van der Waals surface area contributed by atoms with Crippen molar-refractivity contribution in [2.45, 2.75) is 52.1 Å². The molecule has 1 atom stereocenters. The molecule has 2 aromatic heterocycles. The third-order valence-electron chi connectivity index (χ3n) is 5.61. The lowest BCUT2D eigenvalue weighted by atomic mass is 10.0. The number of benzene rings is 1. The van der Waals surface area contributed by atoms with Gasteiger partial charge in [-0.05, 0) is 56.9 Å². The number of carbonyl (C=O) groups excluding carboxylic acids is 1. The van der Waals surface area contributed by atoms with Crippen LogP contribution in [0.25, 0.3) is 0 Å². The normalized spacial score (nSPS) is 16.5. The van der Waals surface area contributed by atoms with Crippen LogP contribution in [0.2, 0.25) is 5.02 Å². The van der Waals surface area contributed by atoms with Gasteiger partial charge in [0, 0.05) is 29.4 Å². The predicted molar refractivity (Wildman–Crippen MR) is 117 cm³/mol. The first kappa shape index (κ1) is 21.3. The van der Waals surface area contributed by atoms with E-state index in [0.29, 0.717) is 29.6 Å². The summed E-state index contributed by atoms with van der Waals surface area (Å²) in [6.07, 6.45) is 5.02.